The van der Waals surface area contributed by atoms with Crippen molar-refractivity contribution in [2.45, 2.75) is 13.5 Å². The van der Waals surface area contributed by atoms with Crippen molar-refractivity contribution in [3.8, 4) is 6.07 Å². The molecule has 4 heteroatoms. The van der Waals surface area contributed by atoms with Crippen LogP contribution in [0.25, 0.3) is 0 Å². The standard InChI is InChI=1S/C11H14N2O2/c1-11(7-14-8-11)6-13-5-10-3-2-9(4-12)15-10/h2-3,13H,5-8H2,1H3. The molecular formula is C11H14N2O2. The van der Waals surface area contributed by atoms with Gasteiger partial charge in [-0.25, -0.2) is 0 Å². The molecular weight excluding hydrogens is 192 g/mol. The Balaban J connectivity index is 1.76. The molecule has 1 N–H and O–H groups in total. The van der Waals surface area contributed by atoms with Crippen LogP contribution in [0.4, 0.5) is 0 Å². The van der Waals surface area contributed by atoms with Crippen LogP contribution in [0.1, 0.15) is 18.4 Å². The van der Waals surface area contributed by atoms with Gasteiger partial charge in [-0.1, -0.05) is 6.92 Å². The molecule has 80 valence electrons. The van der Waals surface area contributed by atoms with Crippen molar-refractivity contribution in [3.05, 3.63) is 23.7 Å². The first kappa shape index (κ1) is 10.2. The van der Waals surface area contributed by atoms with E-state index in [4.69, 9.17) is 14.4 Å². The number of hydrogen-bond acceptors (Lipinski definition) is 4. The zero-order chi connectivity index (χ0) is 10.7. The van der Waals surface area contributed by atoms with Gasteiger partial charge in [0.2, 0.25) is 5.76 Å². The molecule has 0 spiro atoms. The summed E-state index contributed by atoms with van der Waals surface area (Å²) in [6.45, 7) is 5.41. The molecule has 1 aromatic heterocycles. The first-order valence-corrected chi connectivity index (χ1v) is 4.99. The summed E-state index contributed by atoms with van der Waals surface area (Å²) < 4.78 is 10.4. The van der Waals surface area contributed by atoms with Gasteiger partial charge >= 0.3 is 0 Å². The van der Waals surface area contributed by atoms with Crippen molar-refractivity contribution in [2.75, 3.05) is 19.8 Å². The molecule has 2 heterocycles. The summed E-state index contributed by atoms with van der Waals surface area (Å²) in [5.74, 6) is 1.17. The largest absolute Gasteiger partial charge is 0.449 e. The van der Waals surface area contributed by atoms with E-state index >= 15 is 0 Å². The molecule has 0 amide bonds. The Morgan fingerprint density at radius 3 is 2.87 bits per heavy atom. The van der Waals surface area contributed by atoms with Crippen molar-refractivity contribution in [2.24, 2.45) is 5.41 Å². The predicted molar refractivity (Wildman–Crippen MR) is 54.1 cm³/mol. The van der Waals surface area contributed by atoms with Gasteiger partial charge in [0.05, 0.1) is 19.8 Å². The van der Waals surface area contributed by atoms with Crippen LogP contribution in [0.3, 0.4) is 0 Å². The van der Waals surface area contributed by atoms with Crippen molar-refractivity contribution in [1.29, 1.82) is 5.26 Å². The van der Waals surface area contributed by atoms with Gasteiger partial charge in [0.1, 0.15) is 11.8 Å². The maximum absolute atomic E-state index is 8.57. The first-order valence-electron chi connectivity index (χ1n) is 4.99. The zero-order valence-electron chi connectivity index (χ0n) is 8.75. The highest BCUT2D eigenvalue weighted by atomic mass is 16.5. The van der Waals surface area contributed by atoms with Crippen LogP contribution in [0, 0.1) is 16.7 Å². The lowest BCUT2D eigenvalue weighted by Crippen LogP contribution is -2.47. The van der Waals surface area contributed by atoms with Gasteiger partial charge < -0.3 is 14.5 Å². The Morgan fingerprint density at radius 1 is 1.53 bits per heavy atom. The fraction of sp³-hybridized carbons (Fsp3) is 0.545. The van der Waals surface area contributed by atoms with E-state index in [0.29, 0.717) is 12.3 Å². The quantitative estimate of drug-likeness (QED) is 0.806. The van der Waals surface area contributed by atoms with Crippen LogP contribution < -0.4 is 5.32 Å². The first-order chi connectivity index (χ1) is 7.22. The highest BCUT2D eigenvalue weighted by Gasteiger charge is 2.32. The number of hydrogen-bond donors (Lipinski definition) is 1. The molecule has 0 unspecified atom stereocenters. The van der Waals surface area contributed by atoms with E-state index in [9.17, 15) is 0 Å². The lowest BCUT2D eigenvalue weighted by Gasteiger charge is -2.38. The van der Waals surface area contributed by atoms with E-state index in [2.05, 4.69) is 12.2 Å². The Labute approximate surface area is 88.8 Å². The van der Waals surface area contributed by atoms with E-state index in [1.54, 1.807) is 6.07 Å². The highest BCUT2D eigenvalue weighted by molar-refractivity contribution is 5.18. The Bertz CT molecular complexity index is 374. The van der Waals surface area contributed by atoms with Crippen molar-refractivity contribution in [3.63, 3.8) is 0 Å². The number of nitrogens with zero attached hydrogens (tertiary/aromatic N) is 1. The SMILES string of the molecule is CC1(CNCc2ccc(C#N)o2)COC1. The number of furan rings is 1. The van der Waals surface area contributed by atoms with E-state index in [1.807, 2.05) is 12.1 Å². The fourth-order valence-corrected chi connectivity index (χ4v) is 1.57. The third kappa shape index (κ3) is 2.38. The second-order valence-corrected chi connectivity index (χ2v) is 4.28. The lowest BCUT2D eigenvalue weighted by molar-refractivity contribution is -0.0992. The summed E-state index contributed by atoms with van der Waals surface area (Å²) in [5.41, 5.74) is 0.269. The van der Waals surface area contributed by atoms with E-state index in [1.165, 1.54) is 0 Å². The molecule has 0 atom stereocenters. The van der Waals surface area contributed by atoms with E-state index in [-0.39, 0.29) is 5.41 Å². The zero-order valence-corrected chi connectivity index (χ0v) is 8.75. The summed E-state index contributed by atoms with van der Waals surface area (Å²) in [6, 6.07) is 5.47. The van der Waals surface area contributed by atoms with Gasteiger partial charge in [-0.15, -0.1) is 0 Å². The average molecular weight is 206 g/mol. The molecule has 1 aromatic rings. The monoisotopic (exact) mass is 206 g/mol. The minimum atomic E-state index is 0.269. The summed E-state index contributed by atoms with van der Waals surface area (Å²) >= 11 is 0. The number of nitrogens with one attached hydrogen (secondary N) is 1. The molecule has 0 saturated carbocycles. The Kier molecular flexibility index (Phi) is 2.76. The molecule has 0 aromatic carbocycles. The van der Waals surface area contributed by atoms with Gasteiger partial charge in [0.25, 0.3) is 0 Å². The molecule has 0 aliphatic carbocycles. The van der Waals surface area contributed by atoms with Gasteiger partial charge in [-0.2, -0.15) is 5.26 Å². The normalized spacial score (nSPS) is 18.1. The summed E-state index contributed by atoms with van der Waals surface area (Å²) in [7, 11) is 0. The minimum absolute atomic E-state index is 0.269. The third-order valence-corrected chi connectivity index (χ3v) is 2.52. The molecule has 1 aliphatic rings. The fourth-order valence-electron chi connectivity index (χ4n) is 1.57. The molecule has 0 bridgehead atoms. The summed E-state index contributed by atoms with van der Waals surface area (Å²) in [6.07, 6.45) is 0. The van der Waals surface area contributed by atoms with Crippen molar-refractivity contribution < 1.29 is 9.15 Å². The number of rotatable bonds is 4. The second kappa shape index (κ2) is 4.05. The number of ether oxygens (including phenoxy) is 1. The van der Waals surface area contributed by atoms with Crippen LogP contribution in [-0.2, 0) is 11.3 Å². The maximum Gasteiger partial charge on any atom is 0.203 e. The van der Waals surface area contributed by atoms with Gasteiger partial charge in [0.15, 0.2) is 0 Å². The molecule has 1 aliphatic heterocycles. The highest BCUT2D eigenvalue weighted by Crippen LogP contribution is 2.25. The molecule has 15 heavy (non-hydrogen) atoms. The number of nitriles is 1. The topological polar surface area (TPSA) is 58.2 Å². The lowest BCUT2D eigenvalue weighted by atomic mass is 9.89. The van der Waals surface area contributed by atoms with Gasteiger partial charge in [-0.05, 0) is 12.1 Å². The molecule has 1 saturated heterocycles. The molecule has 1 fully saturated rings. The molecule has 4 nitrogen and oxygen atoms in total. The van der Waals surface area contributed by atoms with Gasteiger partial charge in [-0.3, -0.25) is 0 Å². The van der Waals surface area contributed by atoms with Crippen LogP contribution in [-0.4, -0.2) is 19.8 Å². The van der Waals surface area contributed by atoms with E-state index < -0.39 is 0 Å². The molecule has 0 radical (unpaired) electrons. The average Bonchev–Trinajstić information content (AvgIpc) is 2.63. The van der Waals surface area contributed by atoms with Crippen LogP contribution in [0.5, 0.6) is 0 Å². The Morgan fingerprint density at radius 2 is 2.33 bits per heavy atom. The van der Waals surface area contributed by atoms with Crippen molar-refractivity contribution in [1.82, 2.24) is 5.32 Å². The summed E-state index contributed by atoms with van der Waals surface area (Å²) in [4.78, 5) is 0. The second-order valence-electron chi connectivity index (χ2n) is 4.28. The smallest absolute Gasteiger partial charge is 0.203 e. The van der Waals surface area contributed by atoms with E-state index in [0.717, 1.165) is 25.5 Å². The maximum atomic E-state index is 8.57. The summed E-state index contributed by atoms with van der Waals surface area (Å²) in [5, 5.41) is 11.9. The third-order valence-electron chi connectivity index (χ3n) is 2.52. The van der Waals surface area contributed by atoms with Crippen molar-refractivity contribution >= 4 is 0 Å². The van der Waals surface area contributed by atoms with Crippen LogP contribution in [0.2, 0.25) is 0 Å². The van der Waals surface area contributed by atoms with Gasteiger partial charge in [0, 0.05) is 12.0 Å². The minimum Gasteiger partial charge on any atom is -0.449 e. The van der Waals surface area contributed by atoms with Crippen LogP contribution in [0.15, 0.2) is 16.5 Å². The van der Waals surface area contributed by atoms with Crippen LogP contribution >= 0.6 is 0 Å². The Hall–Kier alpha value is -1.31. The molecule has 2 rings (SSSR count). The predicted octanol–water partition coefficient (Wildman–Crippen LogP) is 1.28.